The summed E-state index contributed by atoms with van der Waals surface area (Å²) in [7, 11) is 1.28. The molecule has 0 radical (unpaired) electrons. The standard InChI is InChI=1S/C16H26N2O5/c1-11(8-9-13(19)22-5)17-14(20)12-7-6-10-18(12)15(21)23-16(2,3)4/h8-9,11-12H,6-7,10H2,1-5H3,(H,17,20)/t11-,12-/m0/s1. The summed E-state index contributed by atoms with van der Waals surface area (Å²) in [5.74, 6) is -0.738. The van der Waals surface area contributed by atoms with Gasteiger partial charge in [0.2, 0.25) is 5.91 Å². The summed E-state index contributed by atoms with van der Waals surface area (Å²) in [5, 5.41) is 2.77. The van der Waals surface area contributed by atoms with Crippen LogP contribution in [0.5, 0.6) is 0 Å². The fraction of sp³-hybridized carbons (Fsp3) is 0.688. The summed E-state index contributed by atoms with van der Waals surface area (Å²) in [5.41, 5.74) is -0.600. The van der Waals surface area contributed by atoms with E-state index in [2.05, 4.69) is 10.1 Å². The highest BCUT2D eigenvalue weighted by atomic mass is 16.6. The molecule has 0 aromatic carbocycles. The van der Waals surface area contributed by atoms with E-state index in [-0.39, 0.29) is 11.9 Å². The van der Waals surface area contributed by atoms with Crippen molar-refractivity contribution in [3.8, 4) is 0 Å². The van der Waals surface area contributed by atoms with Crippen molar-refractivity contribution in [1.29, 1.82) is 0 Å². The monoisotopic (exact) mass is 326 g/mol. The van der Waals surface area contributed by atoms with Gasteiger partial charge in [0.25, 0.3) is 0 Å². The maximum Gasteiger partial charge on any atom is 0.410 e. The zero-order valence-electron chi connectivity index (χ0n) is 14.4. The molecule has 1 heterocycles. The third-order valence-corrected chi connectivity index (χ3v) is 3.28. The van der Waals surface area contributed by atoms with Crippen LogP contribution in [0.4, 0.5) is 4.79 Å². The van der Waals surface area contributed by atoms with Crippen molar-refractivity contribution in [1.82, 2.24) is 10.2 Å². The zero-order chi connectivity index (χ0) is 17.6. The van der Waals surface area contributed by atoms with Crippen LogP contribution >= 0.6 is 0 Å². The minimum absolute atomic E-state index is 0.254. The molecule has 0 unspecified atom stereocenters. The van der Waals surface area contributed by atoms with Gasteiger partial charge < -0.3 is 14.8 Å². The number of methoxy groups -OCH3 is 1. The third kappa shape index (κ3) is 6.30. The predicted molar refractivity (Wildman–Crippen MR) is 84.7 cm³/mol. The smallest absolute Gasteiger partial charge is 0.410 e. The highest BCUT2D eigenvalue weighted by Crippen LogP contribution is 2.21. The van der Waals surface area contributed by atoms with Gasteiger partial charge in [-0.25, -0.2) is 9.59 Å². The molecule has 2 atom stereocenters. The van der Waals surface area contributed by atoms with E-state index in [0.29, 0.717) is 13.0 Å². The molecule has 7 heteroatoms. The number of hydrogen-bond donors (Lipinski definition) is 1. The first-order chi connectivity index (χ1) is 10.6. The van der Waals surface area contributed by atoms with Crippen LogP contribution in [0, 0.1) is 0 Å². The Morgan fingerprint density at radius 1 is 1.30 bits per heavy atom. The van der Waals surface area contributed by atoms with Crippen LogP contribution in [0.15, 0.2) is 12.2 Å². The Labute approximate surface area is 137 Å². The van der Waals surface area contributed by atoms with Gasteiger partial charge in [0, 0.05) is 18.7 Å². The Hall–Kier alpha value is -2.05. The molecule has 1 aliphatic heterocycles. The lowest BCUT2D eigenvalue weighted by Gasteiger charge is -2.28. The van der Waals surface area contributed by atoms with Crippen molar-refractivity contribution in [2.45, 2.75) is 58.2 Å². The second-order valence-electron chi connectivity index (χ2n) is 6.51. The Morgan fingerprint density at radius 3 is 2.52 bits per heavy atom. The number of nitrogens with zero attached hydrogens (tertiary/aromatic N) is 1. The molecule has 0 spiro atoms. The van der Waals surface area contributed by atoms with Crippen LogP contribution < -0.4 is 5.32 Å². The summed E-state index contributed by atoms with van der Waals surface area (Å²) in [6.45, 7) is 7.60. The first-order valence-electron chi connectivity index (χ1n) is 7.70. The molecular weight excluding hydrogens is 300 g/mol. The Kier molecular flexibility index (Phi) is 6.60. The third-order valence-electron chi connectivity index (χ3n) is 3.28. The zero-order valence-corrected chi connectivity index (χ0v) is 14.4. The van der Waals surface area contributed by atoms with E-state index in [1.54, 1.807) is 27.7 Å². The summed E-state index contributed by atoms with van der Waals surface area (Å²) in [4.78, 5) is 37.0. The van der Waals surface area contributed by atoms with Crippen LogP contribution in [-0.2, 0) is 19.1 Å². The molecule has 1 aliphatic rings. The highest BCUT2D eigenvalue weighted by Gasteiger charge is 2.36. The molecule has 0 saturated carbocycles. The lowest BCUT2D eigenvalue weighted by molar-refractivity contribution is -0.135. The predicted octanol–water partition coefficient (Wildman–Crippen LogP) is 1.62. The van der Waals surface area contributed by atoms with E-state index >= 15 is 0 Å². The van der Waals surface area contributed by atoms with Crippen LogP contribution in [0.1, 0.15) is 40.5 Å². The number of hydrogen-bond acceptors (Lipinski definition) is 5. The number of carbonyl (C=O) groups excluding carboxylic acids is 3. The fourth-order valence-corrected chi connectivity index (χ4v) is 2.24. The normalized spacial score (nSPS) is 19.5. The van der Waals surface area contributed by atoms with Crippen molar-refractivity contribution in [3.05, 3.63) is 12.2 Å². The first-order valence-corrected chi connectivity index (χ1v) is 7.70. The average Bonchev–Trinajstić information content (AvgIpc) is 2.92. The summed E-state index contributed by atoms with van der Waals surface area (Å²) in [6, 6.07) is -0.887. The minimum atomic E-state index is -0.600. The van der Waals surface area contributed by atoms with E-state index in [1.807, 2.05) is 0 Å². The van der Waals surface area contributed by atoms with Gasteiger partial charge in [-0.05, 0) is 40.5 Å². The maximum atomic E-state index is 12.3. The molecule has 1 rings (SSSR count). The van der Waals surface area contributed by atoms with Gasteiger partial charge in [-0.15, -0.1) is 0 Å². The summed E-state index contributed by atoms with van der Waals surface area (Å²) in [6.07, 6.45) is 3.66. The molecular formula is C16H26N2O5. The second-order valence-corrected chi connectivity index (χ2v) is 6.51. The number of rotatable bonds is 4. The van der Waals surface area contributed by atoms with E-state index < -0.39 is 23.7 Å². The van der Waals surface area contributed by atoms with Gasteiger partial charge in [0.1, 0.15) is 11.6 Å². The van der Waals surface area contributed by atoms with Crippen molar-refractivity contribution in [3.63, 3.8) is 0 Å². The van der Waals surface area contributed by atoms with Crippen LogP contribution in [0.25, 0.3) is 0 Å². The molecule has 2 amide bonds. The molecule has 7 nitrogen and oxygen atoms in total. The summed E-state index contributed by atoms with van der Waals surface area (Å²) < 4.78 is 9.82. The SMILES string of the molecule is COC(=O)C=C[C@H](C)NC(=O)[C@@H]1CCCN1C(=O)OC(C)(C)C. The van der Waals surface area contributed by atoms with E-state index in [9.17, 15) is 14.4 Å². The number of ether oxygens (including phenoxy) is 2. The molecule has 0 bridgehead atoms. The number of likely N-dealkylation sites (tertiary alicyclic amines) is 1. The summed E-state index contributed by atoms with van der Waals surface area (Å²) >= 11 is 0. The van der Waals surface area contributed by atoms with Gasteiger partial charge in [0.05, 0.1) is 7.11 Å². The lowest BCUT2D eigenvalue weighted by atomic mass is 10.2. The largest absolute Gasteiger partial charge is 0.466 e. The maximum absolute atomic E-state index is 12.3. The Balaban J connectivity index is 2.62. The van der Waals surface area contributed by atoms with Crippen LogP contribution in [0.2, 0.25) is 0 Å². The van der Waals surface area contributed by atoms with Crippen LogP contribution in [0.3, 0.4) is 0 Å². The van der Waals surface area contributed by atoms with Crippen molar-refractivity contribution >= 4 is 18.0 Å². The number of carbonyl (C=O) groups is 3. The molecule has 23 heavy (non-hydrogen) atoms. The van der Waals surface area contributed by atoms with Crippen LogP contribution in [-0.4, -0.2) is 54.2 Å². The quantitative estimate of drug-likeness (QED) is 0.627. The molecule has 1 saturated heterocycles. The topological polar surface area (TPSA) is 84.9 Å². The van der Waals surface area contributed by atoms with E-state index in [0.717, 1.165) is 6.42 Å². The number of amides is 2. The van der Waals surface area contributed by atoms with Gasteiger partial charge >= 0.3 is 12.1 Å². The average molecular weight is 326 g/mol. The molecule has 1 fully saturated rings. The Morgan fingerprint density at radius 2 is 1.96 bits per heavy atom. The van der Waals surface area contributed by atoms with E-state index in [4.69, 9.17) is 4.74 Å². The van der Waals surface area contributed by atoms with Gasteiger partial charge in [-0.1, -0.05) is 6.08 Å². The molecule has 130 valence electrons. The number of nitrogens with one attached hydrogen (secondary N) is 1. The van der Waals surface area contributed by atoms with Crippen molar-refractivity contribution in [2.24, 2.45) is 0 Å². The lowest BCUT2D eigenvalue weighted by Crippen LogP contribution is -2.49. The van der Waals surface area contributed by atoms with Gasteiger partial charge in [-0.3, -0.25) is 9.69 Å². The number of esters is 1. The molecule has 0 aliphatic carbocycles. The van der Waals surface area contributed by atoms with Gasteiger partial charge in [0.15, 0.2) is 0 Å². The van der Waals surface area contributed by atoms with Crippen molar-refractivity contribution in [2.75, 3.05) is 13.7 Å². The molecule has 0 aromatic rings. The minimum Gasteiger partial charge on any atom is -0.466 e. The fourth-order valence-electron chi connectivity index (χ4n) is 2.24. The first kappa shape index (κ1) is 19.0. The second kappa shape index (κ2) is 7.99. The molecule has 1 N–H and O–H groups in total. The van der Waals surface area contributed by atoms with Gasteiger partial charge in [-0.2, -0.15) is 0 Å². The Bertz CT molecular complexity index is 481. The van der Waals surface area contributed by atoms with E-state index in [1.165, 1.54) is 24.2 Å². The highest BCUT2D eigenvalue weighted by molar-refractivity contribution is 5.87. The van der Waals surface area contributed by atoms with Crippen molar-refractivity contribution < 1.29 is 23.9 Å². The molecule has 0 aromatic heterocycles.